The van der Waals surface area contributed by atoms with Gasteiger partial charge in [-0.3, -0.25) is 0 Å². The number of rotatable bonds is 5. The summed E-state index contributed by atoms with van der Waals surface area (Å²) in [5.41, 5.74) is 1.16. The number of aliphatic carboxylic acids is 1. The molecule has 0 fully saturated rings. The molecule has 0 aromatic heterocycles. The third kappa shape index (κ3) is 3.58. The maximum Gasteiger partial charge on any atom is 0.332 e. The molecule has 0 radical (unpaired) electrons. The van der Waals surface area contributed by atoms with Crippen molar-refractivity contribution in [3.05, 3.63) is 35.9 Å². The molecule has 0 aliphatic heterocycles. The van der Waals surface area contributed by atoms with Crippen LogP contribution in [0, 0.1) is 0 Å². The first kappa shape index (κ1) is 10.7. The van der Waals surface area contributed by atoms with E-state index in [2.05, 4.69) is 0 Å². The van der Waals surface area contributed by atoms with Gasteiger partial charge in [-0.15, -0.1) is 0 Å². The van der Waals surface area contributed by atoms with Crippen molar-refractivity contribution in [1.29, 1.82) is 0 Å². The molecule has 0 heterocycles. The number of hydrogen-bond acceptors (Lipinski definition) is 2. The molecule has 14 heavy (non-hydrogen) atoms. The standard InChI is InChI=1S/C11H14O3/c1-9(11(12)13)14-8-7-10-5-3-2-4-6-10/h2-6,9H,7-8H2,1H3,(H,12,13)/t9-/m1/s1. The Morgan fingerprint density at radius 1 is 1.43 bits per heavy atom. The van der Waals surface area contributed by atoms with E-state index in [1.807, 2.05) is 30.3 Å². The average Bonchev–Trinajstić information content (AvgIpc) is 2.19. The Bertz CT molecular complexity index is 282. The second kappa shape index (κ2) is 5.40. The van der Waals surface area contributed by atoms with Gasteiger partial charge < -0.3 is 9.84 Å². The highest BCUT2D eigenvalue weighted by atomic mass is 16.5. The molecular weight excluding hydrogens is 180 g/mol. The van der Waals surface area contributed by atoms with Crippen LogP contribution in [-0.4, -0.2) is 23.8 Å². The van der Waals surface area contributed by atoms with E-state index in [0.717, 1.165) is 12.0 Å². The Hall–Kier alpha value is -1.35. The Labute approximate surface area is 83.3 Å². The summed E-state index contributed by atoms with van der Waals surface area (Å²) in [4.78, 5) is 10.4. The summed E-state index contributed by atoms with van der Waals surface area (Å²) in [5.74, 6) is -0.918. The van der Waals surface area contributed by atoms with Gasteiger partial charge in [-0.1, -0.05) is 30.3 Å². The molecule has 0 saturated heterocycles. The van der Waals surface area contributed by atoms with Gasteiger partial charge in [-0.05, 0) is 18.9 Å². The van der Waals surface area contributed by atoms with E-state index in [0.29, 0.717) is 6.61 Å². The summed E-state index contributed by atoms with van der Waals surface area (Å²) < 4.78 is 5.11. The van der Waals surface area contributed by atoms with Gasteiger partial charge in [-0.25, -0.2) is 4.79 Å². The van der Waals surface area contributed by atoms with Crippen molar-refractivity contribution in [3.8, 4) is 0 Å². The highest BCUT2D eigenvalue weighted by Crippen LogP contribution is 2.00. The third-order valence-electron chi connectivity index (χ3n) is 1.95. The van der Waals surface area contributed by atoms with Crippen molar-refractivity contribution in [2.45, 2.75) is 19.4 Å². The van der Waals surface area contributed by atoms with E-state index >= 15 is 0 Å². The van der Waals surface area contributed by atoms with E-state index in [9.17, 15) is 4.79 Å². The van der Waals surface area contributed by atoms with Crippen molar-refractivity contribution in [3.63, 3.8) is 0 Å². The lowest BCUT2D eigenvalue weighted by molar-refractivity contribution is -0.149. The smallest absolute Gasteiger partial charge is 0.332 e. The largest absolute Gasteiger partial charge is 0.479 e. The fourth-order valence-corrected chi connectivity index (χ4v) is 1.07. The molecule has 1 rings (SSSR count). The molecule has 0 spiro atoms. The number of benzene rings is 1. The molecule has 0 bridgehead atoms. The Balaban J connectivity index is 2.26. The van der Waals surface area contributed by atoms with Gasteiger partial charge in [0.2, 0.25) is 0 Å². The molecule has 0 aliphatic rings. The highest BCUT2D eigenvalue weighted by Gasteiger charge is 2.09. The van der Waals surface area contributed by atoms with Crippen LogP contribution >= 0.6 is 0 Å². The van der Waals surface area contributed by atoms with Crippen molar-refractivity contribution < 1.29 is 14.6 Å². The van der Waals surface area contributed by atoms with Gasteiger partial charge >= 0.3 is 5.97 Å². The quantitative estimate of drug-likeness (QED) is 0.776. The minimum Gasteiger partial charge on any atom is -0.479 e. The first-order valence-electron chi connectivity index (χ1n) is 4.58. The van der Waals surface area contributed by atoms with Crippen LogP contribution in [0.5, 0.6) is 0 Å². The average molecular weight is 194 g/mol. The van der Waals surface area contributed by atoms with E-state index < -0.39 is 12.1 Å². The van der Waals surface area contributed by atoms with Crippen molar-refractivity contribution >= 4 is 5.97 Å². The number of carboxylic acid groups (broad SMARTS) is 1. The molecular formula is C11H14O3. The lowest BCUT2D eigenvalue weighted by Crippen LogP contribution is -2.20. The molecule has 1 atom stereocenters. The molecule has 76 valence electrons. The third-order valence-corrected chi connectivity index (χ3v) is 1.95. The molecule has 0 saturated carbocycles. The predicted octanol–water partition coefficient (Wildman–Crippen LogP) is 1.72. The van der Waals surface area contributed by atoms with Gasteiger partial charge in [-0.2, -0.15) is 0 Å². The van der Waals surface area contributed by atoms with Gasteiger partial charge in [0.05, 0.1) is 6.61 Å². The maximum absolute atomic E-state index is 10.4. The molecule has 1 aromatic rings. The molecule has 3 heteroatoms. The predicted molar refractivity (Wildman–Crippen MR) is 53.2 cm³/mol. The lowest BCUT2D eigenvalue weighted by Gasteiger charge is -2.07. The summed E-state index contributed by atoms with van der Waals surface area (Å²) in [6.45, 7) is 1.98. The van der Waals surface area contributed by atoms with Crippen LogP contribution in [0.4, 0.5) is 0 Å². The number of carboxylic acids is 1. The van der Waals surface area contributed by atoms with Crippen LogP contribution in [0.2, 0.25) is 0 Å². The monoisotopic (exact) mass is 194 g/mol. The van der Waals surface area contributed by atoms with E-state index in [4.69, 9.17) is 9.84 Å². The minimum absolute atomic E-state index is 0.442. The minimum atomic E-state index is -0.918. The SMILES string of the molecule is C[C@@H](OCCc1ccccc1)C(=O)O. The van der Waals surface area contributed by atoms with Gasteiger partial charge in [0.1, 0.15) is 0 Å². The molecule has 0 aliphatic carbocycles. The number of hydrogen-bond donors (Lipinski definition) is 1. The second-order valence-electron chi connectivity index (χ2n) is 3.09. The van der Waals surface area contributed by atoms with E-state index in [1.165, 1.54) is 6.92 Å². The molecule has 1 N–H and O–H groups in total. The Morgan fingerprint density at radius 2 is 2.07 bits per heavy atom. The van der Waals surface area contributed by atoms with Crippen molar-refractivity contribution in [1.82, 2.24) is 0 Å². The van der Waals surface area contributed by atoms with E-state index in [-0.39, 0.29) is 0 Å². The number of ether oxygens (including phenoxy) is 1. The second-order valence-corrected chi connectivity index (χ2v) is 3.09. The summed E-state index contributed by atoms with van der Waals surface area (Å²) in [7, 11) is 0. The number of carbonyl (C=O) groups is 1. The van der Waals surface area contributed by atoms with Crippen LogP contribution in [0.15, 0.2) is 30.3 Å². The first-order chi connectivity index (χ1) is 6.70. The van der Waals surface area contributed by atoms with Gasteiger partial charge in [0, 0.05) is 0 Å². The zero-order valence-corrected chi connectivity index (χ0v) is 8.14. The molecule has 1 aromatic carbocycles. The zero-order chi connectivity index (χ0) is 10.4. The normalized spacial score (nSPS) is 12.4. The summed E-state index contributed by atoms with van der Waals surface area (Å²) in [6, 6.07) is 9.85. The lowest BCUT2D eigenvalue weighted by atomic mass is 10.2. The fraction of sp³-hybridized carbons (Fsp3) is 0.364. The van der Waals surface area contributed by atoms with E-state index in [1.54, 1.807) is 0 Å². The van der Waals surface area contributed by atoms with Crippen LogP contribution in [0.1, 0.15) is 12.5 Å². The Kier molecular flexibility index (Phi) is 4.13. The maximum atomic E-state index is 10.4. The molecule has 0 amide bonds. The summed E-state index contributed by atoms with van der Waals surface area (Å²) in [5, 5.41) is 8.55. The Morgan fingerprint density at radius 3 is 2.64 bits per heavy atom. The first-order valence-corrected chi connectivity index (χ1v) is 4.58. The zero-order valence-electron chi connectivity index (χ0n) is 8.14. The van der Waals surface area contributed by atoms with Crippen molar-refractivity contribution in [2.75, 3.05) is 6.61 Å². The van der Waals surface area contributed by atoms with Crippen LogP contribution in [0.3, 0.4) is 0 Å². The fourth-order valence-electron chi connectivity index (χ4n) is 1.07. The molecule has 3 nitrogen and oxygen atoms in total. The van der Waals surface area contributed by atoms with Crippen molar-refractivity contribution in [2.24, 2.45) is 0 Å². The molecule has 0 unspecified atom stereocenters. The van der Waals surface area contributed by atoms with Crippen LogP contribution in [-0.2, 0) is 16.0 Å². The van der Waals surface area contributed by atoms with Crippen LogP contribution in [0.25, 0.3) is 0 Å². The summed E-state index contributed by atoms with van der Waals surface area (Å²) in [6.07, 6.45) is 0.0251. The topological polar surface area (TPSA) is 46.5 Å². The van der Waals surface area contributed by atoms with Crippen LogP contribution < -0.4 is 0 Å². The summed E-state index contributed by atoms with van der Waals surface area (Å²) >= 11 is 0. The highest BCUT2D eigenvalue weighted by molar-refractivity contribution is 5.71. The van der Waals surface area contributed by atoms with Gasteiger partial charge in [0.15, 0.2) is 6.10 Å². The van der Waals surface area contributed by atoms with Gasteiger partial charge in [0.25, 0.3) is 0 Å².